The molecular weight excluding hydrogens is 240 g/mol. The molecule has 104 valence electrons. The Balaban J connectivity index is 1.92. The third-order valence-corrected chi connectivity index (χ3v) is 3.66. The third kappa shape index (κ3) is 3.47. The van der Waals surface area contributed by atoms with E-state index in [2.05, 4.69) is 19.2 Å². The van der Waals surface area contributed by atoms with E-state index in [0.717, 1.165) is 18.7 Å². The van der Waals surface area contributed by atoms with Crippen molar-refractivity contribution in [2.75, 3.05) is 25.0 Å². The number of likely N-dealkylation sites (tertiary alicyclic amines) is 1. The Hall–Kier alpha value is -1.55. The van der Waals surface area contributed by atoms with E-state index in [9.17, 15) is 4.79 Å². The molecule has 1 aliphatic rings. The van der Waals surface area contributed by atoms with E-state index < -0.39 is 0 Å². The molecule has 1 heterocycles. The number of urea groups is 1. The van der Waals surface area contributed by atoms with Crippen LogP contribution >= 0.6 is 0 Å². The summed E-state index contributed by atoms with van der Waals surface area (Å²) in [6.07, 6.45) is 0.885. The fraction of sp³-hybridized carbons (Fsp3) is 0.533. The molecule has 0 bridgehead atoms. The van der Waals surface area contributed by atoms with Crippen LogP contribution in [0.4, 0.5) is 10.5 Å². The normalized spacial score (nSPS) is 18.9. The minimum absolute atomic E-state index is 0.0757. The largest absolute Gasteiger partial charge is 0.396 e. The molecule has 1 aromatic carbocycles. The zero-order valence-corrected chi connectivity index (χ0v) is 11.6. The van der Waals surface area contributed by atoms with Crippen molar-refractivity contribution in [1.82, 2.24) is 4.90 Å². The molecule has 1 atom stereocenters. The van der Waals surface area contributed by atoms with Crippen LogP contribution in [0, 0.1) is 5.92 Å². The molecule has 4 nitrogen and oxygen atoms in total. The summed E-state index contributed by atoms with van der Waals surface area (Å²) < 4.78 is 0. The third-order valence-electron chi connectivity index (χ3n) is 3.66. The Morgan fingerprint density at radius 3 is 2.63 bits per heavy atom. The predicted molar refractivity (Wildman–Crippen MR) is 76.3 cm³/mol. The van der Waals surface area contributed by atoms with Crippen molar-refractivity contribution in [3.8, 4) is 0 Å². The summed E-state index contributed by atoms with van der Waals surface area (Å²) in [5, 5.41) is 12.0. The van der Waals surface area contributed by atoms with Crippen LogP contribution in [-0.2, 0) is 0 Å². The lowest BCUT2D eigenvalue weighted by Crippen LogP contribution is -2.33. The summed E-state index contributed by atoms with van der Waals surface area (Å²) >= 11 is 0. The Morgan fingerprint density at radius 2 is 2.11 bits per heavy atom. The van der Waals surface area contributed by atoms with Crippen molar-refractivity contribution in [3.63, 3.8) is 0 Å². The van der Waals surface area contributed by atoms with Crippen LogP contribution in [0.1, 0.15) is 31.7 Å². The molecule has 4 heteroatoms. The predicted octanol–water partition coefficient (Wildman–Crippen LogP) is 2.66. The van der Waals surface area contributed by atoms with E-state index in [0.29, 0.717) is 12.5 Å². The summed E-state index contributed by atoms with van der Waals surface area (Å²) in [5.74, 6) is 0.725. The second-order valence-electron chi connectivity index (χ2n) is 5.49. The van der Waals surface area contributed by atoms with Gasteiger partial charge < -0.3 is 15.3 Å². The highest BCUT2D eigenvalue weighted by Gasteiger charge is 2.25. The van der Waals surface area contributed by atoms with Gasteiger partial charge >= 0.3 is 6.03 Å². The number of carbonyl (C=O) groups excluding carboxylic acids is 1. The number of hydrogen-bond donors (Lipinski definition) is 2. The number of anilines is 1. The number of aliphatic hydroxyl groups is 1. The fourth-order valence-corrected chi connectivity index (χ4v) is 2.32. The molecule has 2 rings (SSSR count). The highest BCUT2D eigenvalue weighted by atomic mass is 16.3. The van der Waals surface area contributed by atoms with Crippen LogP contribution in [0.25, 0.3) is 0 Å². The SMILES string of the molecule is CC(C)c1ccc(NC(=O)N2CCC(CO)C2)cc1. The lowest BCUT2D eigenvalue weighted by atomic mass is 10.0. The number of rotatable bonds is 3. The van der Waals surface area contributed by atoms with Gasteiger partial charge in [0.2, 0.25) is 0 Å². The number of hydrogen-bond acceptors (Lipinski definition) is 2. The lowest BCUT2D eigenvalue weighted by Gasteiger charge is -2.17. The first-order chi connectivity index (χ1) is 9.10. The van der Waals surface area contributed by atoms with Crippen molar-refractivity contribution in [1.29, 1.82) is 0 Å². The maximum absolute atomic E-state index is 12.0. The fourth-order valence-electron chi connectivity index (χ4n) is 2.32. The van der Waals surface area contributed by atoms with Crippen molar-refractivity contribution >= 4 is 11.7 Å². The van der Waals surface area contributed by atoms with E-state index in [1.165, 1.54) is 5.56 Å². The van der Waals surface area contributed by atoms with Gasteiger partial charge in [0.25, 0.3) is 0 Å². The number of carbonyl (C=O) groups is 1. The van der Waals surface area contributed by atoms with Gasteiger partial charge in [0.1, 0.15) is 0 Å². The standard InChI is InChI=1S/C15H22N2O2/c1-11(2)13-3-5-14(6-4-13)16-15(19)17-8-7-12(9-17)10-18/h3-6,11-12,18H,7-10H2,1-2H3,(H,16,19). The second-order valence-corrected chi connectivity index (χ2v) is 5.49. The van der Waals surface area contributed by atoms with Crippen molar-refractivity contribution in [2.45, 2.75) is 26.2 Å². The Bertz CT molecular complexity index is 428. The monoisotopic (exact) mass is 262 g/mol. The molecule has 1 aromatic rings. The maximum Gasteiger partial charge on any atom is 0.321 e. The van der Waals surface area contributed by atoms with Gasteiger partial charge in [-0.25, -0.2) is 4.79 Å². The molecule has 0 aliphatic carbocycles. The highest BCUT2D eigenvalue weighted by Crippen LogP contribution is 2.19. The van der Waals surface area contributed by atoms with E-state index in [1.807, 2.05) is 24.3 Å². The zero-order valence-electron chi connectivity index (χ0n) is 11.6. The van der Waals surface area contributed by atoms with Crippen LogP contribution in [0.5, 0.6) is 0 Å². The minimum Gasteiger partial charge on any atom is -0.396 e. The summed E-state index contributed by atoms with van der Waals surface area (Å²) in [5.41, 5.74) is 2.08. The van der Waals surface area contributed by atoms with Gasteiger partial charge in [-0.2, -0.15) is 0 Å². The molecule has 0 aromatic heterocycles. The molecular formula is C15H22N2O2. The number of nitrogens with one attached hydrogen (secondary N) is 1. The van der Waals surface area contributed by atoms with Crippen LogP contribution < -0.4 is 5.32 Å². The van der Waals surface area contributed by atoms with Crippen LogP contribution in [0.15, 0.2) is 24.3 Å². The molecule has 1 saturated heterocycles. The second kappa shape index (κ2) is 6.06. The van der Waals surface area contributed by atoms with E-state index in [-0.39, 0.29) is 18.6 Å². The molecule has 0 spiro atoms. The Labute approximate surface area is 114 Å². The van der Waals surface area contributed by atoms with Gasteiger partial charge in [-0.15, -0.1) is 0 Å². The van der Waals surface area contributed by atoms with Gasteiger partial charge in [0.05, 0.1) is 0 Å². The molecule has 19 heavy (non-hydrogen) atoms. The summed E-state index contributed by atoms with van der Waals surface area (Å²) in [4.78, 5) is 13.8. The molecule has 1 aliphatic heterocycles. The molecule has 2 N–H and O–H groups in total. The smallest absolute Gasteiger partial charge is 0.321 e. The Kier molecular flexibility index (Phi) is 4.43. The zero-order chi connectivity index (χ0) is 13.8. The molecule has 2 amide bonds. The van der Waals surface area contributed by atoms with E-state index >= 15 is 0 Å². The average molecular weight is 262 g/mol. The van der Waals surface area contributed by atoms with Crippen LogP contribution in [0.2, 0.25) is 0 Å². The summed E-state index contributed by atoms with van der Waals surface area (Å²) in [7, 11) is 0. The number of benzene rings is 1. The molecule has 0 radical (unpaired) electrons. The topological polar surface area (TPSA) is 52.6 Å². The van der Waals surface area contributed by atoms with Crippen LogP contribution in [-0.4, -0.2) is 35.7 Å². The van der Waals surface area contributed by atoms with Crippen molar-refractivity contribution in [2.24, 2.45) is 5.92 Å². The Morgan fingerprint density at radius 1 is 1.42 bits per heavy atom. The number of nitrogens with zero attached hydrogens (tertiary/aromatic N) is 1. The quantitative estimate of drug-likeness (QED) is 0.880. The van der Waals surface area contributed by atoms with Gasteiger partial charge in [-0.1, -0.05) is 26.0 Å². The lowest BCUT2D eigenvalue weighted by molar-refractivity contribution is 0.209. The van der Waals surface area contributed by atoms with Gasteiger partial charge in [-0.3, -0.25) is 0 Å². The molecule has 1 unspecified atom stereocenters. The van der Waals surface area contributed by atoms with Crippen molar-refractivity contribution in [3.05, 3.63) is 29.8 Å². The highest BCUT2D eigenvalue weighted by molar-refractivity contribution is 5.89. The molecule has 1 fully saturated rings. The minimum atomic E-state index is -0.0757. The maximum atomic E-state index is 12.0. The number of amides is 2. The van der Waals surface area contributed by atoms with Gasteiger partial charge in [0.15, 0.2) is 0 Å². The molecule has 0 saturated carbocycles. The summed E-state index contributed by atoms with van der Waals surface area (Å²) in [6, 6.07) is 7.88. The first-order valence-electron chi connectivity index (χ1n) is 6.87. The van der Waals surface area contributed by atoms with Crippen molar-refractivity contribution < 1.29 is 9.90 Å². The van der Waals surface area contributed by atoms with Gasteiger partial charge in [0, 0.05) is 31.3 Å². The first-order valence-corrected chi connectivity index (χ1v) is 6.87. The van der Waals surface area contributed by atoms with Crippen LogP contribution in [0.3, 0.4) is 0 Å². The van der Waals surface area contributed by atoms with E-state index in [4.69, 9.17) is 5.11 Å². The first kappa shape index (κ1) is 13.9. The average Bonchev–Trinajstić information content (AvgIpc) is 2.88. The van der Waals surface area contributed by atoms with Gasteiger partial charge in [-0.05, 0) is 30.0 Å². The summed E-state index contributed by atoms with van der Waals surface area (Å²) in [6.45, 7) is 5.82. The number of aliphatic hydroxyl groups excluding tert-OH is 1. The van der Waals surface area contributed by atoms with E-state index in [1.54, 1.807) is 4.90 Å².